The van der Waals surface area contributed by atoms with Gasteiger partial charge in [-0.15, -0.1) is 0 Å². The van der Waals surface area contributed by atoms with Gasteiger partial charge in [-0.05, 0) is 38.1 Å². The number of carbonyl (C=O) groups is 1. The number of amides is 1. The van der Waals surface area contributed by atoms with E-state index in [1.165, 1.54) is 17.1 Å². The van der Waals surface area contributed by atoms with Crippen molar-refractivity contribution in [2.24, 2.45) is 16.0 Å². The number of halogens is 1. The topological polar surface area (TPSA) is 57.5 Å². The van der Waals surface area contributed by atoms with Crippen molar-refractivity contribution in [3.8, 4) is 0 Å². The Kier molecular flexibility index (Phi) is 5.55. The van der Waals surface area contributed by atoms with Gasteiger partial charge >= 0.3 is 0 Å². The standard InChI is InChI=1S/C18H23FN4O2/c1-13(20-7-8-22-9-11-25-12-10-22)17-14(2)21-23(18(17)24)16-5-3-15(19)4-6-16/h3-6,17H,7-12H2,1-2H3/t17-/m1/s1. The minimum absolute atomic E-state index is 0.142. The number of hydrazone groups is 1. The fraction of sp³-hybridized carbons (Fsp3) is 0.500. The highest BCUT2D eigenvalue weighted by Gasteiger charge is 2.36. The van der Waals surface area contributed by atoms with Crippen LogP contribution < -0.4 is 5.01 Å². The van der Waals surface area contributed by atoms with E-state index in [1.807, 2.05) is 13.8 Å². The molecule has 1 aromatic rings. The summed E-state index contributed by atoms with van der Waals surface area (Å²) < 4.78 is 18.4. The van der Waals surface area contributed by atoms with Crippen LogP contribution in [-0.4, -0.2) is 61.6 Å². The van der Waals surface area contributed by atoms with Gasteiger partial charge in [-0.25, -0.2) is 4.39 Å². The van der Waals surface area contributed by atoms with Crippen molar-refractivity contribution < 1.29 is 13.9 Å². The van der Waals surface area contributed by atoms with Crippen LogP contribution in [0.3, 0.4) is 0 Å². The highest BCUT2D eigenvalue weighted by molar-refractivity contribution is 6.27. The van der Waals surface area contributed by atoms with E-state index in [1.54, 1.807) is 12.1 Å². The second kappa shape index (κ2) is 7.84. The SMILES string of the molecule is CC(=NCCN1CCOCC1)[C@H]1C(=O)N(c2ccc(F)cc2)N=C1C. The summed E-state index contributed by atoms with van der Waals surface area (Å²) in [5, 5.41) is 5.67. The van der Waals surface area contributed by atoms with Crippen molar-refractivity contribution in [3.05, 3.63) is 30.1 Å². The van der Waals surface area contributed by atoms with Gasteiger partial charge in [0.15, 0.2) is 0 Å². The van der Waals surface area contributed by atoms with Gasteiger partial charge in [0.25, 0.3) is 5.91 Å². The van der Waals surface area contributed by atoms with Crippen LogP contribution in [0, 0.1) is 11.7 Å². The highest BCUT2D eigenvalue weighted by atomic mass is 19.1. The van der Waals surface area contributed by atoms with Gasteiger partial charge < -0.3 is 4.74 Å². The smallest absolute Gasteiger partial charge is 0.261 e. The first-order valence-electron chi connectivity index (χ1n) is 8.52. The van der Waals surface area contributed by atoms with Crippen molar-refractivity contribution in [2.45, 2.75) is 13.8 Å². The first-order valence-corrected chi connectivity index (χ1v) is 8.52. The lowest BCUT2D eigenvalue weighted by molar-refractivity contribution is -0.118. The Morgan fingerprint density at radius 1 is 1.32 bits per heavy atom. The Bertz CT molecular complexity index is 681. The third-order valence-electron chi connectivity index (χ3n) is 4.50. The van der Waals surface area contributed by atoms with Crippen LogP contribution >= 0.6 is 0 Å². The molecule has 1 aromatic carbocycles. The number of morpholine rings is 1. The molecule has 3 rings (SSSR count). The monoisotopic (exact) mass is 346 g/mol. The third-order valence-corrected chi connectivity index (χ3v) is 4.50. The second-order valence-electron chi connectivity index (χ2n) is 6.28. The average molecular weight is 346 g/mol. The fourth-order valence-electron chi connectivity index (χ4n) is 3.10. The van der Waals surface area contributed by atoms with E-state index in [0.717, 1.165) is 38.6 Å². The molecule has 0 unspecified atom stereocenters. The predicted molar refractivity (Wildman–Crippen MR) is 95.7 cm³/mol. The van der Waals surface area contributed by atoms with Crippen LogP contribution in [0.5, 0.6) is 0 Å². The number of anilines is 1. The number of ether oxygens (including phenoxy) is 1. The Morgan fingerprint density at radius 3 is 2.68 bits per heavy atom. The minimum atomic E-state index is -0.435. The molecule has 0 saturated carbocycles. The summed E-state index contributed by atoms with van der Waals surface area (Å²) in [6.07, 6.45) is 0. The molecular formula is C18H23FN4O2. The van der Waals surface area contributed by atoms with E-state index in [-0.39, 0.29) is 11.7 Å². The van der Waals surface area contributed by atoms with E-state index in [2.05, 4.69) is 15.0 Å². The molecule has 1 amide bonds. The molecule has 0 spiro atoms. The maximum absolute atomic E-state index is 13.1. The lowest BCUT2D eigenvalue weighted by Gasteiger charge is -2.25. The van der Waals surface area contributed by atoms with Crippen molar-refractivity contribution in [1.82, 2.24) is 4.90 Å². The molecule has 0 N–H and O–H groups in total. The first kappa shape index (κ1) is 17.7. The van der Waals surface area contributed by atoms with Crippen molar-refractivity contribution >= 4 is 23.0 Å². The Balaban J connectivity index is 1.63. The van der Waals surface area contributed by atoms with Crippen LogP contribution in [0.25, 0.3) is 0 Å². The summed E-state index contributed by atoms with van der Waals surface area (Å²) in [5.41, 5.74) is 2.04. The molecule has 134 valence electrons. The summed E-state index contributed by atoms with van der Waals surface area (Å²) in [4.78, 5) is 19.6. The van der Waals surface area contributed by atoms with E-state index < -0.39 is 5.92 Å². The van der Waals surface area contributed by atoms with Gasteiger partial charge in [0.2, 0.25) is 0 Å². The van der Waals surface area contributed by atoms with Crippen molar-refractivity contribution in [2.75, 3.05) is 44.4 Å². The summed E-state index contributed by atoms with van der Waals surface area (Å²) >= 11 is 0. The Labute approximate surface area is 147 Å². The van der Waals surface area contributed by atoms with Crippen molar-refractivity contribution in [1.29, 1.82) is 0 Å². The zero-order chi connectivity index (χ0) is 17.8. The van der Waals surface area contributed by atoms with E-state index in [4.69, 9.17) is 4.74 Å². The zero-order valence-electron chi connectivity index (χ0n) is 14.6. The number of benzene rings is 1. The van der Waals surface area contributed by atoms with Crippen LogP contribution in [0.1, 0.15) is 13.8 Å². The van der Waals surface area contributed by atoms with Crippen LogP contribution in [-0.2, 0) is 9.53 Å². The molecule has 2 aliphatic rings. The number of hydrogen-bond donors (Lipinski definition) is 0. The summed E-state index contributed by atoms with van der Waals surface area (Å²) in [5.74, 6) is -0.917. The Hall–Kier alpha value is -2.12. The molecular weight excluding hydrogens is 323 g/mol. The van der Waals surface area contributed by atoms with Gasteiger partial charge in [-0.1, -0.05) is 0 Å². The maximum atomic E-state index is 13.1. The number of carbonyl (C=O) groups excluding carboxylic acids is 1. The summed E-state index contributed by atoms with van der Waals surface area (Å²) in [6, 6.07) is 5.75. The van der Waals surface area contributed by atoms with E-state index in [0.29, 0.717) is 17.9 Å². The van der Waals surface area contributed by atoms with Crippen LogP contribution in [0.4, 0.5) is 10.1 Å². The maximum Gasteiger partial charge on any atom is 0.261 e. The van der Waals surface area contributed by atoms with Crippen LogP contribution in [0.15, 0.2) is 34.4 Å². The molecule has 0 radical (unpaired) electrons. The summed E-state index contributed by atoms with van der Waals surface area (Å²) in [7, 11) is 0. The molecule has 7 heteroatoms. The fourth-order valence-corrected chi connectivity index (χ4v) is 3.10. The molecule has 1 saturated heterocycles. The first-order chi connectivity index (χ1) is 12.1. The number of nitrogens with zero attached hydrogens (tertiary/aromatic N) is 4. The number of aliphatic imine (C=N–C) groups is 1. The number of rotatable bonds is 5. The lowest BCUT2D eigenvalue weighted by Crippen LogP contribution is -2.38. The second-order valence-corrected chi connectivity index (χ2v) is 6.28. The molecule has 2 heterocycles. The zero-order valence-corrected chi connectivity index (χ0v) is 14.6. The van der Waals surface area contributed by atoms with Gasteiger partial charge in [0.1, 0.15) is 11.7 Å². The lowest BCUT2D eigenvalue weighted by atomic mass is 9.99. The number of hydrogen-bond acceptors (Lipinski definition) is 5. The van der Waals surface area contributed by atoms with E-state index >= 15 is 0 Å². The molecule has 0 bridgehead atoms. The van der Waals surface area contributed by atoms with Gasteiger partial charge in [-0.2, -0.15) is 10.1 Å². The molecule has 6 nitrogen and oxygen atoms in total. The molecule has 2 aliphatic heterocycles. The molecule has 0 aliphatic carbocycles. The Morgan fingerprint density at radius 2 is 2.00 bits per heavy atom. The highest BCUT2D eigenvalue weighted by Crippen LogP contribution is 2.25. The normalized spacial score (nSPS) is 22.4. The average Bonchev–Trinajstić information content (AvgIpc) is 2.91. The minimum Gasteiger partial charge on any atom is -0.379 e. The van der Waals surface area contributed by atoms with Gasteiger partial charge in [-0.3, -0.25) is 14.7 Å². The molecule has 0 aromatic heterocycles. The summed E-state index contributed by atoms with van der Waals surface area (Å²) in [6.45, 7) is 8.59. The molecule has 1 fully saturated rings. The molecule has 25 heavy (non-hydrogen) atoms. The van der Waals surface area contributed by atoms with Gasteiger partial charge in [0, 0.05) is 25.3 Å². The van der Waals surface area contributed by atoms with Gasteiger partial charge in [0.05, 0.1) is 31.2 Å². The molecule has 1 atom stereocenters. The van der Waals surface area contributed by atoms with Crippen molar-refractivity contribution in [3.63, 3.8) is 0 Å². The van der Waals surface area contributed by atoms with E-state index in [9.17, 15) is 9.18 Å². The largest absolute Gasteiger partial charge is 0.379 e. The predicted octanol–water partition coefficient (Wildman–Crippen LogP) is 1.96. The quantitative estimate of drug-likeness (QED) is 0.766. The third kappa shape index (κ3) is 4.11. The van der Waals surface area contributed by atoms with Crippen LogP contribution in [0.2, 0.25) is 0 Å².